The number of nitrogens with one attached hydrogen (secondary N) is 2. The van der Waals surface area contributed by atoms with Crippen molar-refractivity contribution in [3.05, 3.63) is 81.6 Å². The molecule has 3 rings (SSSR count). The van der Waals surface area contributed by atoms with Gasteiger partial charge in [0.15, 0.2) is 0 Å². The summed E-state index contributed by atoms with van der Waals surface area (Å²) in [6.45, 7) is -0.498. The zero-order chi connectivity index (χ0) is 19.9. The minimum absolute atomic E-state index is 0.0122. The smallest absolute Gasteiger partial charge is 0.271 e. The number of aliphatic hydroxyl groups excluding tert-OH is 2. The minimum Gasteiger partial charge on any atom is -0.394 e. The SMILES string of the molecule is NC(=NCC(O)CO)c1c(Nc2ccc(Cc3ccccc3)cc2)s[nH]c1=O. The van der Waals surface area contributed by atoms with Gasteiger partial charge in [-0.05, 0) is 41.2 Å². The quantitative estimate of drug-likeness (QED) is 0.293. The number of hydrogen-bond acceptors (Lipinski definition) is 6. The monoisotopic (exact) mass is 398 g/mol. The Balaban J connectivity index is 1.73. The molecule has 28 heavy (non-hydrogen) atoms. The van der Waals surface area contributed by atoms with E-state index in [1.807, 2.05) is 42.5 Å². The topological polar surface area (TPSA) is 124 Å². The van der Waals surface area contributed by atoms with Gasteiger partial charge >= 0.3 is 0 Å². The van der Waals surface area contributed by atoms with E-state index >= 15 is 0 Å². The van der Waals surface area contributed by atoms with Crippen molar-refractivity contribution in [1.29, 1.82) is 0 Å². The molecule has 1 aromatic heterocycles. The molecule has 0 saturated carbocycles. The Bertz CT molecular complexity index is 981. The molecular formula is C20H22N4O3S. The summed E-state index contributed by atoms with van der Waals surface area (Å²) in [5.74, 6) is 0.0122. The molecule has 0 aliphatic heterocycles. The Hall–Kier alpha value is -2.94. The highest BCUT2D eigenvalue weighted by Crippen LogP contribution is 2.23. The van der Waals surface area contributed by atoms with Crippen molar-refractivity contribution < 1.29 is 10.2 Å². The number of aliphatic imine (C=N–C) groups is 1. The predicted octanol–water partition coefficient (Wildman–Crippen LogP) is 1.83. The van der Waals surface area contributed by atoms with Crippen LogP contribution in [0.25, 0.3) is 0 Å². The fraction of sp³-hybridized carbons (Fsp3) is 0.200. The number of aromatic amines is 1. The second-order valence-corrected chi connectivity index (χ2v) is 7.10. The van der Waals surface area contributed by atoms with Crippen molar-refractivity contribution in [3.63, 3.8) is 0 Å². The molecule has 146 valence electrons. The standard InChI is InChI=1S/C20H22N4O3S/c21-18(22-11-16(26)12-25)17-19(27)24-28-20(17)23-15-8-6-14(7-9-15)10-13-4-2-1-3-5-13/h1-9,16,23,25-26H,10-12H2,(H2,21,22)(H,24,27). The summed E-state index contributed by atoms with van der Waals surface area (Å²) in [6, 6.07) is 18.1. The lowest BCUT2D eigenvalue weighted by atomic mass is 10.0. The van der Waals surface area contributed by atoms with Crippen LogP contribution in [-0.4, -0.2) is 39.7 Å². The van der Waals surface area contributed by atoms with Gasteiger partial charge in [0.2, 0.25) is 0 Å². The first-order valence-corrected chi connectivity index (χ1v) is 9.59. The van der Waals surface area contributed by atoms with Gasteiger partial charge in [0.25, 0.3) is 5.56 Å². The Morgan fingerprint density at radius 1 is 1.14 bits per heavy atom. The molecular weight excluding hydrogens is 376 g/mol. The highest BCUT2D eigenvalue weighted by Gasteiger charge is 2.15. The molecule has 0 radical (unpaired) electrons. The lowest BCUT2D eigenvalue weighted by Crippen LogP contribution is -2.25. The van der Waals surface area contributed by atoms with Gasteiger partial charge in [-0.15, -0.1) is 0 Å². The molecule has 2 aromatic carbocycles. The van der Waals surface area contributed by atoms with Crippen LogP contribution in [0.15, 0.2) is 64.4 Å². The Kier molecular flexibility index (Phi) is 6.59. The summed E-state index contributed by atoms with van der Waals surface area (Å²) < 4.78 is 2.63. The molecule has 0 fully saturated rings. The van der Waals surface area contributed by atoms with E-state index in [9.17, 15) is 9.90 Å². The van der Waals surface area contributed by atoms with Crippen LogP contribution in [0, 0.1) is 0 Å². The van der Waals surface area contributed by atoms with Crippen molar-refractivity contribution in [2.45, 2.75) is 12.5 Å². The van der Waals surface area contributed by atoms with E-state index in [-0.39, 0.29) is 23.5 Å². The molecule has 8 heteroatoms. The van der Waals surface area contributed by atoms with E-state index in [1.54, 1.807) is 0 Å². The fourth-order valence-corrected chi connectivity index (χ4v) is 3.40. The van der Waals surface area contributed by atoms with Crippen LogP contribution < -0.4 is 16.6 Å². The van der Waals surface area contributed by atoms with Crippen LogP contribution in [0.3, 0.4) is 0 Å². The van der Waals surface area contributed by atoms with Crippen molar-refractivity contribution >= 4 is 28.1 Å². The third kappa shape index (κ3) is 5.07. The largest absolute Gasteiger partial charge is 0.394 e. The molecule has 1 heterocycles. The maximum Gasteiger partial charge on any atom is 0.271 e. The number of rotatable bonds is 8. The van der Waals surface area contributed by atoms with E-state index < -0.39 is 12.7 Å². The van der Waals surface area contributed by atoms with E-state index in [0.717, 1.165) is 23.6 Å². The molecule has 0 bridgehead atoms. The van der Waals surface area contributed by atoms with Crippen LogP contribution in [0.4, 0.5) is 10.7 Å². The zero-order valence-electron chi connectivity index (χ0n) is 15.1. The third-order valence-electron chi connectivity index (χ3n) is 4.10. The molecule has 0 saturated heterocycles. The van der Waals surface area contributed by atoms with Crippen LogP contribution in [0.1, 0.15) is 16.7 Å². The number of amidine groups is 1. The number of nitrogens with two attached hydrogens (primary N) is 1. The van der Waals surface area contributed by atoms with E-state index in [1.165, 1.54) is 11.1 Å². The number of H-pyrrole nitrogens is 1. The molecule has 0 aliphatic carbocycles. The maximum absolute atomic E-state index is 12.1. The van der Waals surface area contributed by atoms with Crippen molar-refractivity contribution in [3.8, 4) is 0 Å². The van der Waals surface area contributed by atoms with Gasteiger partial charge in [-0.2, -0.15) is 0 Å². The number of hydrogen-bond donors (Lipinski definition) is 5. The van der Waals surface area contributed by atoms with E-state index in [4.69, 9.17) is 10.8 Å². The Morgan fingerprint density at radius 2 is 1.82 bits per heavy atom. The van der Waals surface area contributed by atoms with Gasteiger partial charge in [0.05, 0.1) is 19.3 Å². The van der Waals surface area contributed by atoms with E-state index in [2.05, 4.69) is 26.8 Å². The first-order chi connectivity index (χ1) is 13.6. The second kappa shape index (κ2) is 9.32. The minimum atomic E-state index is -1.01. The molecule has 6 N–H and O–H groups in total. The van der Waals surface area contributed by atoms with Crippen molar-refractivity contribution in [1.82, 2.24) is 4.37 Å². The summed E-state index contributed by atoms with van der Waals surface area (Å²) in [5.41, 5.74) is 9.02. The lowest BCUT2D eigenvalue weighted by Gasteiger charge is -2.08. The van der Waals surface area contributed by atoms with Crippen molar-refractivity contribution in [2.75, 3.05) is 18.5 Å². The Morgan fingerprint density at radius 3 is 2.50 bits per heavy atom. The number of anilines is 2. The normalized spacial score (nSPS) is 12.7. The predicted molar refractivity (Wildman–Crippen MR) is 113 cm³/mol. The first kappa shape index (κ1) is 19.8. The average molecular weight is 398 g/mol. The highest BCUT2D eigenvalue weighted by molar-refractivity contribution is 7.10. The van der Waals surface area contributed by atoms with Gasteiger partial charge in [0.1, 0.15) is 16.4 Å². The summed E-state index contributed by atoms with van der Waals surface area (Å²) in [5, 5.41) is 22.0. The average Bonchev–Trinajstić information content (AvgIpc) is 3.08. The third-order valence-corrected chi connectivity index (χ3v) is 4.90. The van der Waals surface area contributed by atoms with Crippen LogP contribution >= 0.6 is 11.5 Å². The molecule has 1 unspecified atom stereocenters. The lowest BCUT2D eigenvalue weighted by molar-refractivity contribution is 0.102. The highest BCUT2D eigenvalue weighted by atomic mass is 32.1. The molecule has 3 aromatic rings. The number of benzene rings is 2. The molecule has 7 nitrogen and oxygen atoms in total. The van der Waals surface area contributed by atoms with Crippen LogP contribution in [0.2, 0.25) is 0 Å². The van der Waals surface area contributed by atoms with Gasteiger partial charge in [-0.3, -0.25) is 14.2 Å². The summed E-state index contributed by atoms with van der Waals surface area (Å²) >= 11 is 1.12. The number of nitrogens with zero attached hydrogens (tertiary/aromatic N) is 1. The summed E-state index contributed by atoms with van der Waals surface area (Å²) in [6.07, 6.45) is -0.166. The van der Waals surface area contributed by atoms with Crippen LogP contribution in [-0.2, 0) is 6.42 Å². The summed E-state index contributed by atoms with van der Waals surface area (Å²) in [7, 11) is 0. The Labute approximate surface area is 166 Å². The molecule has 1 atom stereocenters. The second-order valence-electron chi connectivity index (χ2n) is 6.28. The van der Waals surface area contributed by atoms with Gasteiger partial charge in [-0.1, -0.05) is 42.5 Å². The summed E-state index contributed by atoms with van der Waals surface area (Å²) in [4.78, 5) is 16.1. The fourth-order valence-electron chi connectivity index (χ4n) is 2.63. The molecule has 0 aliphatic rings. The maximum atomic E-state index is 12.1. The van der Waals surface area contributed by atoms with Gasteiger partial charge < -0.3 is 21.3 Å². The molecule has 0 amide bonds. The van der Waals surface area contributed by atoms with E-state index in [0.29, 0.717) is 5.00 Å². The molecule has 0 spiro atoms. The zero-order valence-corrected chi connectivity index (χ0v) is 15.9. The van der Waals surface area contributed by atoms with Crippen molar-refractivity contribution in [2.24, 2.45) is 10.7 Å². The number of aromatic nitrogens is 1. The number of aliphatic hydroxyl groups is 2. The van der Waals surface area contributed by atoms with Crippen LogP contribution in [0.5, 0.6) is 0 Å². The first-order valence-electron chi connectivity index (χ1n) is 8.77. The van der Waals surface area contributed by atoms with Gasteiger partial charge in [0, 0.05) is 5.69 Å². The van der Waals surface area contributed by atoms with Gasteiger partial charge in [-0.25, -0.2) is 0 Å².